The summed E-state index contributed by atoms with van der Waals surface area (Å²) in [4.78, 5) is 2.34. The molecule has 1 saturated heterocycles. The molecule has 23 heavy (non-hydrogen) atoms. The number of aliphatic hydroxyl groups is 1. The Bertz CT molecular complexity index is 496. The summed E-state index contributed by atoms with van der Waals surface area (Å²) in [6.45, 7) is 10.7. The van der Waals surface area contributed by atoms with Crippen LogP contribution < -0.4 is 5.32 Å². The smallest absolute Gasteiger partial charge is 0.0900 e. The summed E-state index contributed by atoms with van der Waals surface area (Å²) in [6, 6.07) is 5.17. The Morgan fingerprint density at radius 1 is 1.17 bits per heavy atom. The number of nitrogens with one attached hydrogen (secondary N) is 1. The second-order valence-electron chi connectivity index (χ2n) is 6.93. The molecule has 0 amide bonds. The number of nitrogens with zero attached hydrogens (tertiary/aromatic N) is 1. The molecule has 1 aliphatic rings. The van der Waals surface area contributed by atoms with Crippen LogP contribution >= 0.6 is 0 Å². The van der Waals surface area contributed by atoms with E-state index in [0.717, 1.165) is 39.0 Å². The minimum Gasteiger partial charge on any atom is -0.389 e. The van der Waals surface area contributed by atoms with Crippen LogP contribution in [0.5, 0.6) is 0 Å². The molecule has 1 heterocycles. The SMILES string of the molecule is COCC(O)CN1CCC(NCc2cc(C)c(C)cc2C)CC1. The third-order valence-corrected chi connectivity index (χ3v) is 4.95. The third kappa shape index (κ3) is 5.57. The summed E-state index contributed by atoms with van der Waals surface area (Å²) in [5.41, 5.74) is 5.52. The number of hydrogen-bond donors (Lipinski definition) is 2. The number of β-amino-alcohol motifs (C(OH)–C–C–N with tert-alkyl or cyclic N) is 1. The highest BCUT2D eigenvalue weighted by atomic mass is 16.5. The first-order chi connectivity index (χ1) is 11.0. The van der Waals surface area contributed by atoms with Gasteiger partial charge in [0.15, 0.2) is 0 Å². The second-order valence-corrected chi connectivity index (χ2v) is 6.93. The Morgan fingerprint density at radius 3 is 2.48 bits per heavy atom. The van der Waals surface area contributed by atoms with Crippen molar-refractivity contribution in [3.63, 3.8) is 0 Å². The van der Waals surface area contributed by atoms with Gasteiger partial charge in [-0.2, -0.15) is 0 Å². The van der Waals surface area contributed by atoms with Crippen molar-refractivity contribution in [3.8, 4) is 0 Å². The van der Waals surface area contributed by atoms with E-state index < -0.39 is 0 Å². The normalized spacial score (nSPS) is 18.3. The topological polar surface area (TPSA) is 44.7 Å². The molecule has 0 aromatic heterocycles. The van der Waals surface area contributed by atoms with Gasteiger partial charge in [-0.05, 0) is 69.0 Å². The van der Waals surface area contributed by atoms with E-state index >= 15 is 0 Å². The van der Waals surface area contributed by atoms with Gasteiger partial charge in [0.2, 0.25) is 0 Å². The maximum atomic E-state index is 9.82. The molecule has 4 nitrogen and oxygen atoms in total. The molecular formula is C19H32N2O2. The quantitative estimate of drug-likeness (QED) is 0.808. The van der Waals surface area contributed by atoms with E-state index in [-0.39, 0.29) is 6.10 Å². The molecule has 0 bridgehead atoms. The van der Waals surface area contributed by atoms with Gasteiger partial charge in [-0.3, -0.25) is 0 Å². The van der Waals surface area contributed by atoms with Crippen LogP contribution in [0.25, 0.3) is 0 Å². The first-order valence-corrected chi connectivity index (χ1v) is 8.69. The highest BCUT2D eigenvalue weighted by Crippen LogP contribution is 2.17. The van der Waals surface area contributed by atoms with Crippen molar-refractivity contribution in [1.82, 2.24) is 10.2 Å². The number of likely N-dealkylation sites (tertiary alicyclic amines) is 1. The monoisotopic (exact) mass is 320 g/mol. The average molecular weight is 320 g/mol. The molecular weight excluding hydrogens is 288 g/mol. The highest BCUT2D eigenvalue weighted by Gasteiger charge is 2.20. The molecule has 2 N–H and O–H groups in total. The molecule has 0 aliphatic carbocycles. The number of aryl methyl sites for hydroxylation is 3. The molecule has 1 unspecified atom stereocenters. The Hall–Kier alpha value is -0.940. The standard InChI is InChI=1S/C19H32N2O2/c1-14-9-16(3)17(10-15(14)2)11-20-18-5-7-21(8-6-18)12-19(22)13-23-4/h9-10,18-20,22H,5-8,11-13H2,1-4H3. The van der Waals surface area contributed by atoms with Crippen molar-refractivity contribution >= 4 is 0 Å². The predicted molar refractivity (Wildman–Crippen MR) is 94.8 cm³/mol. The van der Waals surface area contributed by atoms with Gasteiger partial charge in [-0.1, -0.05) is 12.1 Å². The first kappa shape index (κ1) is 18.4. The Labute approximate surface area is 140 Å². The number of benzene rings is 1. The van der Waals surface area contributed by atoms with Crippen LogP contribution in [-0.4, -0.2) is 55.5 Å². The molecule has 1 fully saturated rings. The van der Waals surface area contributed by atoms with Crippen LogP contribution in [0.2, 0.25) is 0 Å². The summed E-state index contributed by atoms with van der Waals surface area (Å²) in [5.74, 6) is 0. The summed E-state index contributed by atoms with van der Waals surface area (Å²) in [7, 11) is 1.63. The maximum absolute atomic E-state index is 9.82. The fourth-order valence-corrected chi connectivity index (χ4v) is 3.33. The van der Waals surface area contributed by atoms with Crippen molar-refractivity contribution in [3.05, 3.63) is 34.4 Å². The molecule has 1 aromatic rings. The largest absolute Gasteiger partial charge is 0.389 e. The lowest BCUT2D eigenvalue weighted by molar-refractivity contribution is 0.0310. The number of methoxy groups -OCH3 is 1. The first-order valence-electron chi connectivity index (χ1n) is 8.69. The fourth-order valence-electron chi connectivity index (χ4n) is 3.33. The van der Waals surface area contributed by atoms with Crippen molar-refractivity contribution in [2.45, 2.75) is 52.3 Å². The zero-order valence-corrected chi connectivity index (χ0v) is 15.1. The van der Waals surface area contributed by atoms with Crippen molar-refractivity contribution in [2.75, 3.05) is 33.4 Å². The molecule has 1 aliphatic heterocycles. The number of aliphatic hydroxyl groups excluding tert-OH is 1. The van der Waals surface area contributed by atoms with Crippen molar-refractivity contribution in [2.24, 2.45) is 0 Å². The molecule has 0 spiro atoms. The number of piperidine rings is 1. The molecule has 2 rings (SSSR count). The van der Waals surface area contributed by atoms with E-state index in [9.17, 15) is 5.11 Å². The molecule has 0 saturated carbocycles. The van der Waals surface area contributed by atoms with E-state index in [1.165, 1.54) is 22.3 Å². The van der Waals surface area contributed by atoms with Crippen molar-refractivity contribution in [1.29, 1.82) is 0 Å². The lowest BCUT2D eigenvalue weighted by Crippen LogP contribution is -2.45. The maximum Gasteiger partial charge on any atom is 0.0900 e. The number of ether oxygens (including phenoxy) is 1. The molecule has 1 aromatic carbocycles. The van der Waals surface area contributed by atoms with Gasteiger partial charge in [-0.25, -0.2) is 0 Å². The van der Waals surface area contributed by atoms with Gasteiger partial charge >= 0.3 is 0 Å². The Balaban J connectivity index is 1.76. The average Bonchev–Trinajstić information content (AvgIpc) is 2.51. The van der Waals surface area contributed by atoms with E-state index in [4.69, 9.17) is 4.74 Å². The van der Waals surface area contributed by atoms with Crippen LogP contribution in [0.15, 0.2) is 12.1 Å². The summed E-state index contributed by atoms with van der Waals surface area (Å²) in [5, 5.41) is 13.5. The van der Waals surface area contributed by atoms with Gasteiger partial charge in [0, 0.05) is 26.2 Å². The van der Waals surface area contributed by atoms with Crippen molar-refractivity contribution < 1.29 is 9.84 Å². The van der Waals surface area contributed by atoms with Crippen LogP contribution in [0, 0.1) is 20.8 Å². The number of hydrogen-bond acceptors (Lipinski definition) is 4. The van der Waals surface area contributed by atoms with Gasteiger partial charge in [0.1, 0.15) is 0 Å². The second kappa shape index (κ2) is 8.78. The van der Waals surface area contributed by atoms with E-state index in [1.807, 2.05) is 0 Å². The van der Waals surface area contributed by atoms with E-state index in [1.54, 1.807) is 7.11 Å². The van der Waals surface area contributed by atoms with Crippen LogP contribution in [0.3, 0.4) is 0 Å². The zero-order valence-electron chi connectivity index (χ0n) is 15.1. The van der Waals surface area contributed by atoms with Gasteiger partial charge in [-0.15, -0.1) is 0 Å². The Kier molecular flexibility index (Phi) is 7.03. The minimum atomic E-state index is -0.373. The third-order valence-electron chi connectivity index (χ3n) is 4.95. The predicted octanol–water partition coefficient (Wildman–Crippen LogP) is 2.17. The summed E-state index contributed by atoms with van der Waals surface area (Å²) >= 11 is 0. The van der Waals surface area contributed by atoms with Crippen LogP contribution in [0.1, 0.15) is 35.1 Å². The van der Waals surface area contributed by atoms with Gasteiger partial charge in [0.25, 0.3) is 0 Å². The molecule has 130 valence electrons. The lowest BCUT2D eigenvalue weighted by atomic mass is 9.99. The Morgan fingerprint density at radius 2 is 1.83 bits per heavy atom. The van der Waals surface area contributed by atoms with E-state index in [2.05, 4.69) is 43.1 Å². The minimum absolute atomic E-state index is 0.373. The van der Waals surface area contributed by atoms with Gasteiger partial charge < -0.3 is 20.1 Å². The highest BCUT2D eigenvalue weighted by molar-refractivity contribution is 5.36. The zero-order chi connectivity index (χ0) is 16.8. The van der Waals surface area contributed by atoms with Crippen LogP contribution in [-0.2, 0) is 11.3 Å². The summed E-state index contributed by atoms with van der Waals surface area (Å²) < 4.78 is 4.99. The van der Waals surface area contributed by atoms with Gasteiger partial charge in [0.05, 0.1) is 12.7 Å². The number of rotatable bonds is 7. The fraction of sp³-hybridized carbons (Fsp3) is 0.684. The van der Waals surface area contributed by atoms with Crippen LogP contribution in [0.4, 0.5) is 0 Å². The summed E-state index contributed by atoms with van der Waals surface area (Å²) in [6.07, 6.45) is 1.91. The van der Waals surface area contributed by atoms with E-state index in [0.29, 0.717) is 12.6 Å². The molecule has 4 heteroatoms. The lowest BCUT2D eigenvalue weighted by Gasteiger charge is -2.33. The molecule has 1 atom stereocenters. The molecule has 0 radical (unpaired) electrons.